The third-order valence-electron chi connectivity index (χ3n) is 2.24. The summed E-state index contributed by atoms with van der Waals surface area (Å²) >= 11 is 6.86. The van der Waals surface area contributed by atoms with Gasteiger partial charge in [0, 0.05) is 12.3 Å². The van der Waals surface area contributed by atoms with Gasteiger partial charge in [0.1, 0.15) is 0 Å². The molecule has 0 fully saturated rings. The Kier molecular flexibility index (Phi) is 6.50. The Morgan fingerprint density at radius 1 is 1.28 bits per heavy atom. The van der Waals surface area contributed by atoms with Crippen molar-refractivity contribution in [1.82, 2.24) is 15.5 Å². The van der Waals surface area contributed by atoms with Crippen LogP contribution in [0.4, 0.5) is 0 Å². The van der Waals surface area contributed by atoms with E-state index in [9.17, 15) is 0 Å². The highest BCUT2D eigenvalue weighted by molar-refractivity contribution is 8.02. The number of aromatic nitrogens is 2. The zero-order valence-corrected chi connectivity index (χ0v) is 13.4. The molecule has 98 valence electrons. The number of rotatable bonds is 8. The smallest absolute Gasteiger partial charge is 0.175 e. The summed E-state index contributed by atoms with van der Waals surface area (Å²) in [6, 6.07) is 2.19. The molecule has 0 unspecified atom stereocenters. The lowest BCUT2D eigenvalue weighted by Gasteiger charge is -2.02. The maximum absolute atomic E-state index is 4.13. The lowest BCUT2D eigenvalue weighted by Crippen LogP contribution is -2.19. The third-order valence-corrected chi connectivity index (χ3v) is 6.00. The normalized spacial score (nSPS) is 10.9. The van der Waals surface area contributed by atoms with Gasteiger partial charge in [-0.2, -0.15) is 11.3 Å². The van der Waals surface area contributed by atoms with Crippen molar-refractivity contribution in [1.29, 1.82) is 0 Å². The second-order valence-corrected chi connectivity index (χ2v) is 7.67. The Hall–Kier alpha value is -0.0800. The summed E-state index contributed by atoms with van der Waals surface area (Å²) in [5.74, 6) is 1.05. The molecule has 0 atom stereocenters. The third kappa shape index (κ3) is 4.89. The zero-order chi connectivity index (χ0) is 12.6. The Morgan fingerprint density at radius 2 is 2.17 bits per heavy atom. The Labute approximate surface area is 124 Å². The summed E-state index contributed by atoms with van der Waals surface area (Å²) < 4.78 is 2.11. The van der Waals surface area contributed by atoms with Crippen LogP contribution >= 0.6 is 46.2 Å². The van der Waals surface area contributed by atoms with Crippen LogP contribution in [0.3, 0.4) is 0 Å². The van der Waals surface area contributed by atoms with E-state index >= 15 is 0 Å². The molecule has 0 radical (unpaired) electrons. The van der Waals surface area contributed by atoms with E-state index in [1.165, 1.54) is 5.56 Å². The number of thioether (sulfide) groups is 2. The summed E-state index contributed by atoms with van der Waals surface area (Å²) in [4.78, 5) is 0. The molecular formula is C11H15N3S4. The van der Waals surface area contributed by atoms with Crippen molar-refractivity contribution in [2.24, 2.45) is 0 Å². The minimum Gasteiger partial charge on any atom is -0.316 e. The topological polar surface area (TPSA) is 37.8 Å². The first-order chi connectivity index (χ1) is 8.88. The summed E-state index contributed by atoms with van der Waals surface area (Å²) in [6.07, 6.45) is 3.14. The Morgan fingerprint density at radius 3 is 2.89 bits per heavy atom. The van der Waals surface area contributed by atoms with E-state index in [-0.39, 0.29) is 0 Å². The number of thiophene rings is 1. The molecule has 0 aliphatic heterocycles. The van der Waals surface area contributed by atoms with E-state index < -0.39 is 0 Å². The van der Waals surface area contributed by atoms with Crippen LogP contribution in [0.5, 0.6) is 0 Å². The molecule has 0 bridgehead atoms. The minimum atomic E-state index is 1.02. The fraction of sp³-hybridized carbons (Fsp3) is 0.455. The highest BCUT2D eigenvalue weighted by Gasteiger charge is 2.02. The number of nitrogens with zero attached hydrogens (tertiary/aromatic N) is 2. The van der Waals surface area contributed by atoms with Gasteiger partial charge >= 0.3 is 0 Å². The SMILES string of the molecule is CSc1nnc(SCCNCCc2ccsc2)s1. The van der Waals surface area contributed by atoms with Crippen LogP contribution in [0, 0.1) is 0 Å². The molecule has 2 aromatic heterocycles. The maximum atomic E-state index is 4.13. The largest absolute Gasteiger partial charge is 0.316 e. The summed E-state index contributed by atoms with van der Waals surface area (Å²) in [5, 5.41) is 16.0. The van der Waals surface area contributed by atoms with E-state index in [0.717, 1.165) is 33.9 Å². The van der Waals surface area contributed by atoms with Gasteiger partial charge in [-0.25, -0.2) is 0 Å². The van der Waals surface area contributed by atoms with Crippen LogP contribution in [0.1, 0.15) is 5.56 Å². The van der Waals surface area contributed by atoms with Gasteiger partial charge in [-0.3, -0.25) is 0 Å². The quantitative estimate of drug-likeness (QED) is 0.597. The van der Waals surface area contributed by atoms with Crippen molar-refractivity contribution in [3.05, 3.63) is 22.4 Å². The van der Waals surface area contributed by atoms with Gasteiger partial charge in [0.25, 0.3) is 0 Å². The summed E-state index contributed by atoms with van der Waals surface area (Å²) in [7, 11) is 0. The fourth-order valence-corrected chi connectivity index (χ4v) is 4.45. The molecule has 7 heteroatoms. The lowest BCUT2D eigenvalue weighted by atomic mass is 10.2. The average molecular weight is 318 g/mol. The monoisotopic (exact) mass is 317 g/mol. The molecule has 0 saturated carbocycles. The van der Waals surface area contributed by atoms with Gasteiger partial charge in [-0.05, 0) is 41.6 Å². The first-order valence-electron chi connectivity index (χ1n) is 5.60. The molecular weight excluding hydrogens is 302 g/mol. The van der Waals surface area contributed by atoms with E-state index in [1.54, 1.807) is 46.2 Å². The van der Waals surface area contributed by atoms with Gasteiger partial charge in [0.15, 0.2) is 8.68 Å². The van der Waals surface area contributed by atoms with Crippen LogP contribution in [-0.4, -0.2) is 35.3 Å². The summed E-state index contributed by atoms with van der Waals surface area (Å²) in [6.45, 7) is 2.06. The molecule has 1 N–H and O–H groups in total. The van der Waals surface area contributed by atoms with Gasteiger partial charge in [-0.1, -0.05) is 34.9 Å². The summed E-state index contributed by atoms with van der Waals surface area (Å²) in [5.41, 5.74) is 1.42. The number of nitrogens with one attached hydrogen (secondary N) is 1. The predicted molar refractivity (Wildman–Crippen MR) is 83.3 cm³/mol. The standard InChI is InChI=1S/C11H15N3S4/c1-15-10-13-14-11(18-10)17-7-5-12-4-2-9-3-6-16-8-9/h3,6,8,12H,2,4-5,7H2,1H3. The highest BCUT2D eigenvalue weighted by atomic mass is 32.2. The molecule has 3 nitrogen and oxygen atoms in total. The lowest BCUT2D eigenvalue weighted by molar-refractivity contribution is 0.722. The fourth-order valence-electron chi connectivity index (χ4n) is 1.34. The highest BCUT2D eigenvalue weighted by Crippen LogP contribution is 2.26. The van der Waals surface area contributed by atoms with Crippen LogP contribution < -0.4 is 5.32 Å². The molecule has 0 amide bonds. The molecule has 0 spiro atoms. The Bertz CT molecular complexity index is 441. The molecule has 2 aromatic rings. The predicted octanol–water partition coefficient (Wildman–Crippen LogP) is 3.25. The first-order valence-corrected chi connectivity index (χ1v) is 9.57. The van der Waals surface area contributed by atoms with E-state index in [0.29, 0.717) is 0 Å². The molecule has 2 rings (SSSR count). The van der Waals surface area contributed by atoms with Crippen molar-refractivity contribution < 1.29 is 0 Å². The second-order valence-electron chi connectivity index (χ2n) is 3.52. The van der Waals surface area contributed by atoms with Crippen LogP contribution in [-0.2, 0) is 6.42 Å². The van der Waals surface area contributed by atoms with Crippen molar-refractivity contribution in [3.8, 4) is 0 Å². The van der Waals surface area contributed by atoms with Gasteiger partial charge < -0.3 is 5.32 Å². The van der Waals surface area contributed by atoms with Crippen molar-refractivity contribution in [2.75, 3.05) is 25.1 Å². The molecule has 0 aliphatic carbocycles. The minimum absolute atomic E-state index is 1.02. The van der Waals surface area contributed by atoms with Crippen molar-refractivity contribution in [3.63, 3.8) is 0 Å². The van der Waals surface area contributed by atoms with E-state index in [1.807, 2.05) is 6.26 Å². The Balaban J connectivity index is 1.53. The van der Waals surface area contributed by atoms with Gasteiger partial charge in [-0.15, -0.1) is 10.2 Å². The molecule has 0 saturated heterocycles. The van der Waals surface area contributed by atoms with Crippen LogP contribution in [0.15, 0.2) is 25.5 Å². The van der Waals surface area contributed by atoms with Gasteiger partial charge in [0.05, 0.1) is 0 Å². The van der Waals surface area contributed by atoms with Gasteiger partial charge in [0.2, 0.25) is 0 Å². The van der Waals surface area contributed by atoms with E-state index in [4.69, 9.17) is 0 Å². The number of hydrogen-bond acceptors (Lipinski definition) is 7. The van der Waals surface area contributed by atoms with E-state index in [2.05, 4.69) is 32.3 Å². The van der Waals surface area contributed by atoms with Crippen LogP contribution in [0.25, 0.3) is 0 Å². The van der Waals surface area contributed by atoms with Crippen molar-refractivity contribution >= 4 is 46.2 Å². The zero-order valence-electron chi connectivity index (χ0n) is 10.1. The average Bonchev–Trinajstić information content (AvgIpc) is 3.04. The molecule has 2 heterocycles. The van der Waals surface area contributed by atoms with Crippen LogP contribution in [0.2, 0.25) is 0 Å². The molecule has 0 aliphatic rings. The maximum Gasteiger partial charge on any atom is 0.175 e. The molecule has 18 heavy (non-hydrogen) atoms. The first kappa shape index (κ1) is 14.3. The second kappa shape index (κ2) is 8.16. The number of hydrogen-bond donors (Lipinski definition) is 1. The molecule has 0 aromatic carbocycles. The van der Waals surface area contributed by atoms with Crippen molar-refractivity contribution in [2.45, 2.75) is 15.1 Å².